The first-order chi connectivity index (χ1) is 12.2. The van der Waals surface area contributed by atoms with Gasteiger partial charge in [-0.05, 0) is 36.4 Å². The Morgan fingerprint density at radius 2 is 1.72 bits per heavy atom. The van der Waals surface area contributed by atoms with Crippen molar-refractivity contribution in [3.63, 3.8) is 0 Å². The fourth-order valence-electron chi connectivity index (χ4n) is 2.01. The van der Waals surface area contributed by atoms with E-state index in [9.17, 15) is 4.79 Å². The van der Waals surface area contributed by atoms with E-state index in [4.69, 9.17) is 14.2 Å². The smallest absolute Gasteiger partial charge is 0.236 e. The molecule has 0 radical (unpaired) electrons. The topological polar surface area (TPSA) is 69.2 Å². The van der Waals surface area contributed by atoms with Gasteiger partial charge in [0.2, 0.25) is 5.91 Å². The van der Waals surface area contributed by atoms with E-state index in [2.05, 4.69) is 10.5 Å². The summed E-state index contributed by atoms with van der Waals surface area (Å²) in [5.41, 5.74) is 3.17. The third-order valence-corrected chi connectivity index (χ3v) is 3.22. The van der Waals surface area contributed by atoms with Crippen molar-refractivity contribution in [1.29, 1.82) is 0 Å². The fourth-order valence-corrected chi connectivity index (χ4v) is 2.01. The summed E-state index contributed by atoms with van der Waals surface area (Å²) in [4.78, 5) is 10.8. The molecule has 2 aromatic carbocycles. The lowest BCUT2D eigenvalue weighted by Gasteiger charge is -2.10. The van der Waals surface area contributed by atoms with Crippen LogP contribution in [0.25, 0.3) is 0 Å². The summed E-state index contributed by atoms with van der Waals surface area (Å²) < 4.78 is 16.5. The van der Waals surface area contributed by atoms with E-state index < -0.39 is 0 Å². The van der Waals surface area contributed by atoms with Gasteiger partial charge >= 0.3 is 0 Å². The molecule has 0 saturated carbocycles. The number of methoxy groups -OCH3 is 1. The van der Waals surface area contributed by atoms with Crippen LogP contribution in [0.2, 0.25) is 0 Å². The normalized spacial score (nSPS) is 10.5. The zero-order chi connectivity index (χ0) is 17.9. The van der Waals surface area contributed by atoms with Crippen LogP contribution in [0.15, 0.2) is 53.6 Å². The van der Waals surface area contributed by atoms with Gasteiger partial charge in [-0.3, -0.25) is 4.79 Å². The summed E-state index contributed by atoms with van der Waals surface area (Å²) in [6.07, 6.45) is 2.30. The van der Waals surface area contributed by atoms with Crippen LogP contribution in [0, 0.1) is 0 Å². The number of rotatable bonds is 9. The van der Waals surface area contributed by atoms with Gasteiger partial charge in [0.25, 0.3) is 0 Å². The Morgan fingerprint density at radius 1 is 1.04 bits per heavy atom. The van der Waals surface area contributed by atoms with Gasteiger partial charge in [-0.2, -0.15) is 5.10 Å². The van der Waals surface area contributed by atoms with Crippen LogP contribution in [0.1, 0.15) is 18.9 Å². The second kappa shape index (κ2) is 9.97. The van der Waals surface area contributed by atoms with Crippen LogP contribution in [-0.4, -0.2) is 32.4 Å². The molecular formula is C19H22N2O4. The number of amides is 1. The number of para-hydroxylation sites is 1. The average molecular weight is 342 g/mol. The Labute approximate surface area is 147 Å². The lowest BCUT2D eigenvalue weighted by atomic mass is 10.2. The molecule has 6 heteroatoms. The number of hydrogen-bond donors (Lipinski definition) is 1. The van der Waals surface area contributed by atoms with Gasteiger partial charge in [-0.1, -0.05) is 12.1 Å². The lowest BCUT2D eigenvalue weighted by Crippen LogP contribution is -2.12. The first-order valence-electron chi connectivity index (χ1n) is 7.97. The number of hydrazone groups is 1. The second-order valence-electron chi connectivity index (χ2n) is 5.19. The third kappa shape index (κ3) is 6.55. The molecule has 0 bridgehead atoms. The molecule has 6 nitrogen and oxygen atoms in total. The molecule has 0 spiro atoms. The molecule has 0 fully saturated rings. The van der Waals surface area contributed by atoms with E-state index in [1.807, 2.05) is 48.5 Å². The third-order valence-electron chi connectivity index (χ3n) is 3.22. The Bertz CT molecular complexity index is 699. The minimum Gasteiger partial charge on any atom is -0.497 e. The van der Waals surface area contributed by atoms with E-state index in [0.29, 0.717) is 19.0 Å². The zero-order valence-corrected chi connectivity index (χ0v) is 14.4. The van der Waals surface area contributed by atoms with Gasteiger partial charge in [0.15, 0.2) is 0 Å². The standard InChI is InChI=1S/C19H22N2O4/c1-15(22)21-20-14-16-6-3-4-7-19(16)25-13-5-12-24-18-10-8-17(23-2)9-11-18/h3-4,6-11,14H,5,12-13H2,1-2H3,(H,21,22)/b20-14+. The van der Waals surface area contributed by atoms with Crippen molar-refractivity contribution in [2.45, 2.75) is 13.3 Å². The van der Waals surface area contributed by atoms with Crippen LogP contribution >= 0.6 is 0 Å². The van der Waals surface area contributed by atoms with Crippen LogP contribution in [0.3, 0.4) is 0 Å². The Hall–Kier alpha value is -3.02. The molecule has 25 heavy (non-hydrogen) atoms. The minimum atomic E-state index is -0.217. The summed E-state index contributed by atoms with van der Waals surface area (Å²) in [5, 5.41) is 3.86. The maximum absolute atomic E-state index is 10.8. The van der Waals surface area contributed by atoms with Crippen molar-refractivity contribution in [2.24, 2.45) is 5.10 Å². The van der Waals surface area contributed by atoms with Crippen molar-refractivity contribution < 1.29 is 19.0 Å². The monoisotopic (exact) mass is 342 g/mol. The Kier molecular flexibility index (Phi) is 7.31. The number of ether oxygens (including phenoxy) is 3. The highest BCUT2D eigenvalue weighted by Crippen LogP contribution is 2.18. The van der Waals surface area contributed by atoms with Crippen molar-refractivity contribution in [1.82, 2.24) is 5.43 Å². The fraction of sp³-hybridized carbons (Fsp3) is 0.263. The van der Waals surface area contributed by atoms with Gasteiger partial charge in [0, 0.05) is 18.9 Å². The van der Waals surface area contributed by atoms with Gasteiger partial charge in [-0.15, -0.1) is 0 Å². The predicted octanol–water partition coefficient (Wildman–Crippen LogP) is 3.01. The molecule has 1 amide bonds. The molecule has 0 aromatic heterocycles. The van der Waals surface area contributed by atoms with E-state index in [-0.39, 0.29) is 5.91 Å². The molecule has 0 heterocycles. The molecule has 0 unspecified atom stereocenters. The molecule has 2 aromatic rings. The lowest BCUT2D eigenvalue weighted by molar-refractivity contribution is -0.118. The van der Waals surface area contributed by atoms with Crippen molar-refractivity contribution >= 4 is 12.1 Å². The van der Waals surface area contributed by atoms with Crippen molar-refractivity contribution in [3.05, 3.63) is 54.1 Å². The Balaban J connectivity index is 1.75. The first kappa shape index (κ1) is 18.3. The summed E-state index contributed by atoms with van der Waals surface area (Å²) in [7, 11) is 1.63. The van der Waals surface area contributed by atoms with E-state index in [1.165, 1.54) is 6.92 Å². The number of benzene rings is 2. The highest BCUT2D eigenvalue weighted by Gasteiger charge is 2.01. The minimum absolute atomic E-state index is 0.217. The van der Waals surface area contributed by atoms with Crippen molar-refractivity contribution in [3.8, 4) is 17.2 Å². The van der Waals surface area contributed by atoms with E-state index in [1.54, 1.807) is 13.3 Å². The number of hydrogen-bond acceptors (Lipinski definition) is 5. The summed E-state index contributed by atoms with van der Waals surface area (Å²) in [6, 6.07) is 15.0. The van der Waals surface area contributed by atoms with Crippen LogP contribution < -0.4 is 19.6 Å². The van der Waals surface area contributed by atoms with E-state index in [0.717, 1.165) is 23.5 Å². The summed E-state index contributed by atoms with van der Waals surface area (Å²) in [6.45, 7) is 2.47. The van der Waals surface area contributed by atoms with E-state index >= 15 is 0 Å². The number of nitrogens with zero attached hydrogens (tertiary/aromatic N) is 1. The zero-order valence-electron chi connectivity index (χ0n) is 14.4. The van der Waals surface area contributed by atoms with Crippen LogP contribution in [0.5, 0.6) is 17.2 Å². The molecule has 2 rings (SSSR count). The number of carbonyl (C=O) groups excluding carboxylic acids is 1. The van der Waals surface area contributed by atoms with Crippen molar-refractivity contribution in [2.75, 3.05) is 20.3 Å². The molecule has 0 aliphatic heterocycles. The molecule has 0 saturated heterocycles. The van der Waals surface area contributed by atoms with Gasteiger partial charge in [0.1, 0.15) is 17.2 Å². The second-order valence-corrected chi connectivity index (χ2v) is 5.19. The SMILES string of the molecule is COc1ccc(OCCCOc2ccccc2/C=N/NC(C)=O)cc1. The predicted molar refractivity (Wildman–Crippen MR) is 96.5 cm³/mol. The Morgan fingerprint density at radius 3 is 2.44 bits per heavy atom. The maximum Gasteiger partial charge on any atom is 0.236 e. The highest BCUT2D eigenvalue weighted by atomic mass is 16.5. The van der Waals surface area contributed by atoms with Gasteiger partial charge < -0.3 is 14.2 Å². The molecule has 0 atom stereocenters. The largest absolute Gasteiger partial charge is 0.497 e. The van der Waals surface area contributed by atoms with Crippen LogP contribution in [-0.2, 0) is 4.79 Å². The average Bonchev–Trinajstić information content (AvgIpc) is 2.63. The van der Waals surface area contributed by atoms with Crippen LogP contribution in [0.4, 0.5) is 0 Å². The molecular weight excluding hydrogens is 320 g/mol. The molecule has 0 aliphatic rings. The quantitative estimate of drug-likeness (QED) is 0.432. The first-order valence-corrected chi connectivity index (χ1v) is 7.97. The van der Waals surface area contributed by atoms with Gasteiger partial charge in [0.05, 0.1) is 26.5 Å². The highest BCUT2D eigenvalue weighted by molar-refractivity contribution is 5.84. The van der Waals surface area contributed by atoms with Gasteiger partial charge in [-0.25, -0.2) is 5.43 Å². The summed E-state index contributed by atoms with van der Waals surface area (Å²) >= 11 is 0. The molecule has 0 aliphatic carbocycles. The maximum atomic E-state index is 10.8. The number of nitrogens with one attached hydrogen (secondary N) is 1. The molecule has 1 N–H and O–H groups in total. The molecule has 132 valence electrons. The summed E-state index contributed by atoms with van der Waals surface area (Å²) in [5.74, 6) is 2.09. The number of carbonyl (C=O) groups is 1.